The summed E-state index contributed by atoms with van der Waals surface area (Å²) < 4.78 is 20.9. The molecule has 5 nitrogen and oxygen atoms in total. The van der Waals surface area contributed by atoms with Crippen LogP contribution in [0.3, 0.4) is 0 Å². The van der Waals surface area contributed by atoms with Gasteiger partial charge < -0.3 is 9.84 Å². The van der Waals surface area contributed by atoms with Crippen LogP contribution in [0.25, 0.3) is 5.76 Å². The zero-order valence-corrected chi connectivity index (χ0v) is 21.1. The molecule has 0 saturated carbocycles. The topological polar surface area (TPSA) is 66.8 Å². The second kappa shape index (κ2) is 9.97. The maximum absolute atomic E-state index is 15.1. The monoisotopic (exact) mass is 487 g/mol. The predicted molar refractivity (Wildman–Crippen MR) is 139 cm³/mol. The Bertz CT molecular complexity index is 1380. The van der Waals surface area contributed by atoms with E-state index in [-0.39, 0.29) is 16.9 Å². The van der Waals surface area contributed by atoms with Crippen LogP contribution < -0.4 is 9.64 Å². The lowest BCUT2D eigenvalue weighted by Crippen LogP contribution is -2.30. The molecule has 0 spiro atoms. The summed E-state index contributed by atoms with van der Waals surface area (Å²) in [4.78, 5) is 27.9. The number of amides is 1. The molecular formula is C30H30FNO4. The van der Waals surface area contributed by atoms with Crippen molar-refractivity contribution in [3.63, 3.8) is 0 Å². The van der Waals surface area contributed by atoms with Crippen molar-refractivity contribution in [2.45, 2.75) is 40.7 Å². The molecule has 6 heteroatoms. The number of aliphatic hydroxyl groups is 1. The number of hydrogen-bond donors (Lipinski definition) is 1. The molecule has 1 aliphatic heterocycles. The molecule has 1 aliphatic rings. The Morgan fingerprint density at radius 3 is 2.33 bits per heavy atom. The average Bonchev–Trinajstić information content (AvgIpc) is 3.10. The lowest BCUT2D eigenvalue weighted by molar-refractivity contribution is -0.132. The summed E-state index contributed by atoms with van der Waals surface area (Å²) in [7, 11) is 0. The van der Waals surface area contributed by atoms with Crippen molar-refractivity contribution in [2.75, 3.05) is 11.5 Å². The normalized spacial score (nSPS) is 17.2. The second-order valence-electron chi connectivity index (χ2n) is 9.64. The highest BCUT2D eigenvalue weighted by Gasteiger charge is 2.47. The number of Topliss-reactive ketones (excluding diaryl/α,β-unsaturated/α-hetero) is 1. The van der Waals surface area contributed by atoms with Crippen molar-refractivity contribution in [3.05, 3.63) is 99.9 Å². The number of rotatable bonds is 6. The van der Waals surface area contributed by atoms with Gasteiger partial charge in [0.05, 0.1) is 18.2 Å². The average molecular weight is 488 g/mol. The van der Waals surface area contributed by atoms with E-state index in [1.165, 1.54) is 17.0 Å². The molecule has 0 aliphatic carbocycles. The molecule has 186 valence electrons. The van der Waals surface area contributed by atoms with E-state index in [0.29, 0.717) is 29.5 Å². The van der Waals surface area contributed by atoms with Gasteiger partial charge in [0, 0.05) is 16.8 Å². The van der Waals surface area contributed by atoms with Gasteiger partial charge in [-0.15, -0.1) is 0 Å². The van der Waals surface area contributed by atoms with E-state index in [2.05, 4.69) is 0 Å². The number of halogens is 1. The van der Waals surface area contributed by atoms with Crippen LogP contribution in [0, 0.1) is 32.5 Å². The third-order valence-corrected chi connectivity index (χ3v) is 6.43. The van der Waals surface area contributed by atoms with Crippen LogP contribution >= 0.6 is 0 Å². The van der Waals surface area contributed by atoms with Gasteiger partial charge >= 0.3 is 0 Å². The van der Waals surface area contributed by atoms with Crippen LogP contribution in [0.15, 0.2) is 66.2 Å². The Balaban J connectivity index is 1.88. The largest absolute Gasteiger partial charge is 0.507 e. The fourth-order valence-electron chi connectivity index (χ4n) is 4.34. The summed E-state index contributed by atoms with van der Waals surface area (Å²) in [6.07, 6.45) is 0. The zero-order chi connectivity index (χ0) is 26.1. The molecule has 3 aromatic rings. The van der Waals surface area contributed by atoms with Crippen molar-refractivity contribution < 1.29 is 23.8 Å². The van der Waals surface area contributed by atoms with E-state index in [4.69, 9.17) is 4.74 Å². The highest BCUT2D eigenvalue weighted by atomic mass is 19.1. The Morgan fingerprint density at radius 2 is 1.69 bits per heavy atom. The fourth-order valence-corrected chi connectivity index (χ4v) is 4.34. The van der Waals surface area contributed by atoms with Crippen LogP contribution in [0.5, 0.6) is 5.75 Å². The first-order valence-corrected chi connectivity index (χ1v) is 12.0. The predicted octanol–water partition coefficient (Wildman–Crippen LogP) is 6.41. The number of hydrogen-bond acceptors (Lipinski definition) is 4. The van der Waals surface area contributed by atoms with Crippen molar-refractivity contribution in [3.8, 4) is 5.75 Å². The zero-order valence-electron chi connectivity index (χ0n) is 21.1. The van der Waals surface area contributed by atoms with Crippen molar-refractivity contribution >= 4 is 23.1 Å². The van der Waals surface area contributed by atoms with E-state index in [1.54, 1.807) is 42.5 Å². The number of aryl methyl sites for hydroxylation is 3. The Labute approximate surface area is 210 Å². The van der Waals surface area contributed by atoms with Crippen molar-refractivity contribution in [1.29, 1.82) is 0 Å². The van der Waals surface area contributed by atoms with Gasteiger partial charge in [0.25, 0.3) is 11.7 Å². The molecule has 1 N–H and O–H groups in total. The molecule has 0 bridgehead atoms. The molecule has 3 aromatic carbocycles. The summed E-state index contributed by atoms with van der Waals surface area (Å²) >= 11 is 0. The maximum atomic E-state index is 15.1. The first kappa shape index (κ1) is 25.2. The molecule has 1 atom stereocenters. The second-order valence-corrected chi connectivity index (χ2v) is 9.64. The minimum atomic E-state index is -1.12. The third-order valence-electron chi connectivity index (χ3n) is 6.43. The van der Waals surface area contributed by atoms with E-state index in [0.717, 1.165) is 16.7 Å². The Morgan fingerprint density at radius 1 is 0.972 bits per heavy atom. The first-order valence-electron chi connectivity index (χ1n) is 12.0. The van der Waals surface area contributed by atoms with Gasteiger partial charge in [-0.1, -0.05) is 38.1 Å². The van der Waals surface area contributed by atoms with Gasteiger partial charge in [-0.05, 0) is 79.8 Å². The van der Waals surface area contributed by atoms with Crippen molar-refractivity contribution in [1.82, 2.24) is 0 Å². The minimum absolute atomic E-state index is 0.130. The molecule has 1 fully saturated rings. The van der Waals surface area contributed by atoms with Gasteiger partial charge in [0.2, 0.25) is 0 Å². The number of aliphatic hydroxyl groups excluding tert-OH is 1. The Kier molecular flexibility index (Phi) is 6.97. The van der Waals surface area contributed by atoms with Gasteiger partial charge in [-0.25, -0.2) is 4.39 Å². The summed E-state index contributed by atoms with van der Waals surface area (Å²) in [6.45, 7) is 10.3. The summed E-state index contributed by atoms with van der Waals surface area (Å²) in [5.41, 5.74) is 3.50. The summed E-state index contributed by atoms with van der Waals surface area (Å²) in [5.74, 6) is -1.59. The lowest BCUT2D eigenvalue weighted by Gasteiger charge is -2.26. The van der Waals surface area contributed by atoms with E-state index in [9.17, 15) is 14.7 Å². The summed E-state index contributed by atoms with van der Waals surface area (Å²) in [6, 6.07) is 15.3. The number of ether oxygens (including phenoxy) is 1. The standard InChI is InChI=1S/C30H30FNO4/c1-17(2)16-36-25-13-11-21(14-20(25)5)28(33)26-27(23-8-6-7-9-24(23)31)32(30(35)29(26)34)22-12-10-18(3)19(4)15-22/h6-15,17,27,33H,16H2,1-5H3/b28-26+. The number of nitrogens with zero attached hydrogens (tertiary/aromatic N) is 1. The molecule has 4 rings (SSSR count). The van der Waals surface area contributed by atoms with Gasteiger partial charge in [-0.3, -0.25) is 14.5 Å². The minimum Gasteiger partial charge on any atom is -0.507 e. The smallest absolute Gasteiger partial charge is 0.300 e. The fraction of sp³-hybridized carbons (Fsp3) is 0.267. The molecule has 1 heterocycles. The number of carbonyl (C=O) groups is 2. The molecule has 36 heavy (non-hydrogen) atoms. The number of ketones is 1. The van der Waals surface area contributed by atoms with Crippen LogP contribution in [-0.4, -0.2) is 23.4 Å². The Hall–Kier alpha value is -3.93. The maximum Gasteiger partial charge on any atom is 0.300 e. The molecule has 1 amide bonds. The lowest BCUT2D eigenvalue weighted by atomic mass is 9.94. The van der Waals surface area contributed by atoms with Crippen molar-refractivity contribution in [2.24, 2.45) is 5.92 Å². The van der Waals surface area contributed by atoms with Crippen LogP contribution in [0.4, 0.5) is 10.1 Å². The molecule has 0 aromatic heterocycles. The van der Waals surface area contributed by atoms with Gasteiger partial charge in [0.1, 0.15) is 17.3 Å². The number of benzene rings is 3. The van der Waals surface area contributed by atoms with E-state index < -0.39 is 23.5 Å². The van der Waals surface area contributed by atoms with E-state index in [1.807, 2.05) is 40.7 Å². The van der Waals surface area contributed by atoms with Gasteiger partial charge in [-0.2, -0.15) is 0 Å². The quantitative estimate of drug-likeness (QED) is 0.248. The third kappa shape index (κ3) is 4.63. The highest BCUT2D eigenvalue weighted by Crippen LogP contribution is 2.43. The van der Waals surface area contributed by atoms with E-state index >= 15 is 4.39 Å². The molecular weight excluding hydrogens is 457 g/mol. The first-order chi connectivity index (χ1) is 17.1. The number of anilines is 1. The van der Waals surface area contributed by atoms with Gasteiger partial charge in [0.15, 0.2) is 0 Å². The van der Waals surface area contributed by atoms with Crippen LogP contribution in [0.1, 0.15) is 47.7 Å². The molecule has 0 radical (unpaired) electrons. The van der Waals surface area contributed by atoms with Crippen LogP contribution in [0.2, 0.25) is 0 Å². The SMILES string of the molecule is Cc1ccc(N2C(=O)C(=O)/C(=C(/O)c3ccc(OCC(C)C)c(C)c3)C2c2ccccc2F)cc1C. The van der Waals surface area contributed by atoms with Crippen LogP contribution in [-0.2, 0) is 9.59 Å². The molecule has 1 unspecified atom stereocenters. The highest BCUT2D eigenvalue weighted by molar-refractivity contribution is 6.51. The summed E-state index contributed by atoms with van der Waals surface area (Å²) in [5, 5.41) is 11.3. The number of carbonyl (C=O) groups excluding carboxylic acids is 2. The molecule has 1 saturated heterocycles.